The van der Waals surface area contributed by atoms with Gasteiger partial charge in [-0.2, -0.15) is 0 Å². The Bertz CT molecular complexity index is 987. The third-order valence-electron chi connectivity index (χ3n) is 7.47. The van der Waals surface area contributed by atoms with E-state index in [0.717, 1.165) is 30.9 Å². The molecule has 1 aliphatic carbocycles. The first kappa shape index (κ1) is 21.9. The molecular formula is C22H33N5O4S. The molecule has 0 spiro atoms. The van der Waals surface area contributed by atoms with E-state index in [0.29, 0.717) is 43.5 Å². The van der Waals surface area contributed by atoms with Crippen LogP contribution in [-0.4, -0.2) is 69.8 Å². The van der Waals surface area contributed by atoms with E-state index < -0.39 is 15.3 Å². The van der Waals surface area contributed by atoms with Crippen molar-refractivity contribution in [3.8, 4) is 5.75 Å². The average molecular weight is 464 g/mol. The molecule has 5 unspecified atom stereocenters. The van der Waals surface area contributed by atoms with E-state index in [2.05, 4.69) is 28.0 Å². The van der Waals surface area contributed by atoms with Gasteiger partial charge < -0.3 is 15.0 Å². The highest BCUT2D eigenvalue weighted by molar-refractivity contribution is 7.89. The second-order valence-corrected chi connectivity index (χ2v) is 11.9. The van der Waals surface area contributed by atoms with Crippen LogP contribution in [-0.2, 0) is 14.8 Å². The summed E-state index contributed by atoms with van der Waals surface area (Å²) < 4.78 is 34.3. The molecule has 1 aromatic rings. The van der Waals surface area contributed by atoms with E-state index in [1.54, 1.807) is 4.31 Å². The van der Waals surface area contributed by atoms with E-state index in [1.807, 2.05) is 25.2 Å². The zero-order chi connectivity index (χ0) is 22.5. The summed E-state index contributed by atoms with van der Waals surface area (Å²) in [6.07, 6.45) is 2.24. The highest BCUT2D eigenvalue weighted by atomic mass is 32.2. The minimum atomic E-state index is -3.48. The lowest BCUT2D eigenvalue weighted by molar-refractivity contribution is -0.119. The second-order valence-electron chi connectivity index (χ2n) is 9.76. The lowest BCUT2D eigenvalue weighted by Gasteiger charge is -2.37. The number of nitrogens with zero attached hydrogens (tertiary/aromatic N) is 2. The van der Waals surface area contributed by atoms with Crippen LogP contribution < -0.4 is 25.8 Å². The Morgan fingerprint density at radius 1 is 1.25 bits per heavy atom. The van der Waals surface area contributed by atoms with Crippen LogP contribution in [0.1, 0.15) is 26.2 Å². The van der Waals surface area contributed by atoms with Crippen LogP contribution in [0.2, 0.25) is 0 Å². The molecule has 1 aromatic carbocycles. The Balaban J connectivity index is 1.24. The molecule has 0 bridgehead atoms. The Morgan fingerprint density at radius 2 is 2.09 bits per heavy atom. The lowest BCUT2D eigenvalue weighted by atomic mass is 9.79. The molecule has 9 nitrogen and oxygen atoms in total. The fourth-order valence-corrected chi connectivity index (χ4v) is 8.05. The third-order valence-corrected chi connectivity index (χ3v) is 9.77. The summed E-state index contributed by atoms with van der Waals surface area (Å²) in [6, 6.07) is 5.60. The van der Waals surface area contributed by atoms with Crippen LogP contribution in [0.25, 0.3) is 0 Å². The van der Waals surface area contributed by atoms with E-state index in [-0.39, 0.29) is 24.4 Å². The number of amides is 1. The van der Waals surface area contributed by atoms with Gasteiger partial charge in [-0.15, -0.1) is 0 Å². The molecule has 10 heteroatoms. The monoisotopic (exact) mass is 463 g/mol. The summed E-state index contributed by atoms with van der Waals surface area (Å²) in [5.74, 6) is 0.985. The van der Waals surface area contributed by atoms with Crippen molar-refractivity contribution in [3.05, 3.63) is 18.2 Å². The fraction of sp³-hybridized carbons (Fsp3) is 0.682. The molecule has 2 saturated heterocycles. The van der Waals surface area contributed by atoms with Gasteiger partial charge in [0.2, 0.25) is 15.9 Å². The first-order valence-electron chi connectivity index (χ1n) is 11.6. The van der Waals surface area contributed by atoms with Gasteiger partial charge in [0, 0.05) is 44.5 Å². The molecular weight excluding hydrogens is 430 g/mol. The Hall–Kier alpha value is -1.88. The lowest BCUT2D eigenvalue weighted by Crippen LogP contribution is -2.53. The molecule has 0 radical (unpaired) electrons. The molecule has 3 heterocycles. The zero-order valence-electron chi connectivity index (χ0n) is 18.7. The SMILES string of the molecule is CC1CC2CNNC2C(S(=O)(=O)N2CCC(C(=O)Nc3ccc4c(c3)OCCN4C)C2)C1. The first-order chi connectivity index (χ1) is 15.3. The number of likely N-dealkylation sites (N-methyl/N-ethyl adjacent to an activating group) is 1. The summed E-state index contributed by atoms with van der Waals surface area (Å²) in [7, 11) is -1.47. The summed E-state index contributed by atoms with van der Waals surface area (Å²) in [5.41, 5.74) is 8.03. The van der Waals surface area contributed by atoms with Crippen LogP contribution in [0, 0.1) is 17.8 Å². The fourth-order valence-electron chi connectivity index (χ4n) is 5.69. The van der Waals surface area contributed by atoms with Crippen LogP contribution in [0.5, 0.6) is 5.75 Å². The number of hydrogen-bond acceptors (Lipinski definition) is 7. The number of nitrogens with one attached hydrogen (secondary N) is 3. The molecule has 32 heavy (non-hydrogen) atoms. The number of rotatable bonds is 4. The highest BCUT2D eigenvalue weighted by Gasteiger charge is 2.49. The van der Waals surface area contributed by atoms with Crippen LogP contribution in [0.4, 0.5) is 11.4 Å². The minimum Gasteiger partial charge on any atom is -0.489 e. The van der Waals surface area contributed by atoms with Crippen LogP contribution >= 0.6 is 0 Å². The number of benzene rings is 1. The van der Waals surface area contributed by atoms with E-state index >= 15 is 0 Å². The van der Waals surface area contributed by atoms with Crippen LogP contribution in [0.3, 0.4) is 0 Å². The standard InChI is InChI=1S/C22H33N5O4S/c1-14-9-16-12-23-25-21(16)20(10-14)32(29,30)27-6-5-15(13-27)22(28)24-17-3-4-18-19(11-17)31-8-7-26(18)2/h3-4,11,14-16,20-21,23,25H,5-10,12-13H2,1-2H3,(H,24,28). The van der Waals surface area contributed by atoms with Gasteiger partial charge in [-0.05, 0) is 43.2 Å². The number of carbonyl (C=O) groups excluding carboxylic acids is 1. The first-order valence-corrected chi connectivity index (χ1v) is 13.1. The molecule has 3 fully saturated rings. The number of hydrazine groups is 1. The van der Waals surface area contributed by atoms with Crippen molar-refractivity contribution >= 4 is 27.3 Å². The molecule has 5 atom stereocenters. The smallest absolute Gasteiger partial charge is 0.228 e. The maximum absolute atomic E-state index is 13.5. The third kappa shape index (κ3) is 3.98. The number of fused-ring (bicyclic) bond motifs is 2. The quantitative estimate of drug-likeness (QED) is 0.612. The maximum Gasteiger partial charge on any atom is 0.228 e. The molecule has 176 valence electrons. The van der Waals surface area contributed by atoms with E-state index in [1.165, 1.54) is 0 Å². The molecule has 5 rings (SSSR count). The molecule has 0 aromatic heterocycles. The number of sulfonamides is 1. The number of carbonyl (C=O) groups is 1. The highest BCUT2D eigenvalue weighted by Crippen LogP contribution is 2.37. The molecule has 3 aliphatic heterocycles. The number of anilines is 2. The zero-order valence-corrected chi connectivity index (χ0v) is 19.5. The predicted octanol–water partition coefficient (Wildman–Crippen LogP) is 0.997. The van der Waals surface area contributed by atoms with E-state index in [4.69, 9.17) is 4.74 Å². The predicted molar refractivity (Wildman–Crippen MR) is 123 cm³/mol. The van der Waals surface area contributed by atoms with Gasteiger partial charge in [-0.3, -0.25) is 15.6 Å². The van der Waals surface area contributed by atoms with Gasteiger partial charge in [0.1, 0.15) is 12.4 Å². The summed E-state index contributed by atoms with van der Waals surface area (Å²) in [5, 5.41) is 2.52. The summed E-state index contributed by atoms with van der Waals surface area (Å²) in [4.78, 5) is 15.0. The Kier molecular flexibility index (Phi) is 5.81. The van der Waals surface area contributed by atoms with Gasteiger partial charge >= 0.3 is 0 Å². The summed E-state index contributed by atoms with van der Waals surface area (Å²) in [6.45, 7) is 5.03. The average Bonchev–Trinajstić information content (AvgIpc) is 3.43. The number of hydrogen-bond donors (Lipinski definition) is 3. The summed E-state index contributed by atoms with van der Waals surface area (Å²) >= 11 is 0. The van der Waals surface area contributed by atoms with Gasteiger partial charge in [0.05, 0.1) is 23.4 Å². The van der Waals surface area contributed by atoms with Gasteiger partial charge in [0.25, 0.3) is 0 Å². The van der Waals surface area contributed by atoms with Crippen molar-refractivity contribution in [2.45, 2.75) is 37.5 Å². The van der Waals surface area contributed by atoms with Gasteiger partial charge in [0.15, 0.2) is 0 Å². The van der Waals surface area contributed by atoms with Crippen molar-refractivity contribution < 1.29 is 17.9 Å². The second kappa shape index (κ2) is 8.48. The largest absolute Gasteiger partial charge is 0.489 e. The van der Waals surface area contributed by atoms with Gasteiger partial charge in [-0.1, -0.05) is 6.92 Å². The minimum absolute atomic E-state index is 0.0577. The van der Waals surface area contributed by atoms with Crippen molar-refractivity contribution in [2.75, 3.05) is 50.1 Å². The normalized spacial score (nSPS) is 32.8. The van der Waals surface area contributed by atoms with Crippen LogP contribution in [0.15, 0.2) is 18.2 Å². The van der Waals surface area contributed by atoms with Gasteiger partial charge in [-0.25, -0.2) is 12.7 Å². The van der Waals surface area contributed by atoms with Crippen molar-refractivity contribution in [1.82, 2.24) is 15.2 Å². The van der Waals surface area contributed by atoms with Crippen molar-refractivity contribution in [3.63, 3.8) is 0 Å². The Labute approximate surface area is 189 Å². The van der Waals surface area contributed by atoms with E-state index in [9.17, 15) is 13.2 Å². The molecule has 3 N–H and O–H groups in total. The van der Waals surface area contributed by atoms with Crippen molar-refractivity contribution in [2.24, 2.45) is 17.8 Å². The molecule has 1 amide bonds. The maximum atomic E-state index is 13.5. The molecule has 4 aliphatic rings. The Morgan fingerprint density at radius 3 is 2.94 bits per heavy atom. The van der Waals surface area contributed by atoms with Crippen molar-refractivity contribution in [1.29, 1.82) is 0 Å². The topological polar surface area (TPSA) is 103 Å². The number of ether oxygens (including phenoxy) is 1. The molecule has 1 saturated carbocycles.